The van der Waals surface area contributed by atoms with Crippen molar-refractivity contribution in [1.82, 2.24) is 0 Å². The van der Waals surface area contributed by atoms with E-state index in [0.717, 1.165) is 56.4 Å². The Kier molecular flexibility index (Phi) is 18.3. The number of benzene rings is 1. The van der Waals surface area contributed by atoms with Crippen LogP contribution in [-0.2, 0) is 19.1 Å². The topological polar surface area (TPSA) is 61.8 Å². The molecule has 5 nitrogen and oxygen atoms in total. The zero-order chi connectivity index (χ0) is 30.5. The Labute approximate surface area is 257 Å². The second-order valence-corrected chi connectivity index (χ2v) is 13.0. The first-order valence-electron chi connectivity index (χ1n) is 17.1. The van der Waals surface area contributed by atoms with Crippen LogP contribution in [-0.4, -0.2) is 31.8 Å². The number of unbranched alkanes of at least 4 members (excludes halogenated alkanes) is 11. The molecule has 238 valence electrons. The highest BCUT2D eigenvalue weighted by atomic mass is 16.5. The molecule has 5 heteroatoms. The number of hydrogen-bond donors (Lipinski definition) is 0. The summed E-state index contributed by atoms with van der Waals surface area (Å²) in [6.07, 6.45) is 24.2. The van der Waals surface area contributed by atoms with Gasteiger partial charge in [-0.15, -0.1) is 0 Å². The number of ether oxygens (including phenoxy) is 3. The van der Waals surface area contributed by atoms with Crippen molar-refractivity contribution in [2.45, 2.75) is 137 Å². The highest BCUT2D eigenvalue weighted by Gasteiger charge is 2.29. The summed E-state index contributed by atoms with van der Waals surface area (Å²) >= 11 is 0. The molecule has 0 saturated heterocycles. The molecule has 1 saturated carbocycles. The summed E-state index contributed by atoms with van der Waals surface area (Å²) < 4.78 is 17.0. The van der Waals surface area contributed by atoms with Crippen molar-refractivity contribution in [1.29, 1.82) is 0 Å². The summed E-state index contributed by atoms with van der Waals surface area (Å²) in [6.45, 7) is 9.85. The number of carbonyl (C=O) groups excluding carboxylic acids is 2. The summed E-state index contributed by atoms with van der Waals surface area (Å²) in [5.74, 6) is 1.25. The Morgan fingerprint density at radius 3 is 1.76 bits per heavy atom. The number of rotatable bonds is 22. The van der Waals surface area contributed by atoms with E-state index in [4.69, 9.17) is 14.2 Å². The summed E-state index contributed by atoms with van der Waals surface area (Å²) in [5.41, 5.74) is 0.534. The molecular formula is C37H60O5. The summed E-state index contributed by atoms with van der Waals surface area (Å²) in [5, 5.41) is 0. The SMILES string of the molecule is CCCCCCCCCCCCCCOc1ccc(/C=C/C(=O)OCC2CCC(COC(=O)C(C)(C)CC)CC2)cc1. The van der Waals surface area contributed by atoms with E-state index in [1.807, 2.05) is 45.0 Å². The Bertz CT molecular complexity index is 880. The first-order chi connectivity index (χ1) is 20.3. The Hall–Kier alpha value is -2.30. The van der Waals surface area contributed by atoms with Crippen LogP contribution in [0.1, 0.15) is 142 Å². The van der Waals surface area contributed by atoms with Gasteiger partial charge in [-0.3, -0.25) is 4.79 Å². The fourth-order valence-corrected chi connectivity index (χ4v) is 5.32. The maximum Gasteiger partial charge on any atom is 0.330 e. The van der Waals surface area contributed by atoms with Gasteiger partial charge in [0.25, 0.3) is 0 Å². The van der Waals surface area contributed by atoms with Gasteiger partial charge in [0.1, 0.15) is 5.75 Å². The highest BCUT2D eigenvalue weighted by molar-refractivity contribution is 5.87. The van der Waals surface area contributed by atoms with Gasteiger partial charge < -0.3 is 14.2 Å². The first-order valence-corrected chi connectivity index (χ1v) is 17.1. The van der Waals surface area contributed by atoms with Crippen LogP contribution in [0.5, 0.6) is 5.75 Å². The minimum absolute atomic E-state index is 0.107. The second-order valence-electron chi connectivity index (χ2n) is 13.0. The number of esters is 2. The van der Waals surface area contributed by atoms with Gasteiger partial charge in [0.2, 0.25) is 0 Å². The lowest BCUT2D eigenvalue weighted by atomic mass is 9.83. The Morgan fingerprint density at radius 1 is 0.738 bits per heavy atom. The average Bonchev–Trinajstić information content (AvgIpc) is 3.01. The van der Waals surface area contributed by atoms with Crippen molar-refractivity contribution in [3.8, 4) is 5.75 Å². The molecule has 0 heterocycles. The van der Waals surface area contributed by atoms with Gasteiger partial charge in [-0.25, -0.2) is 4.79 Å². The quantitative estimate of drug-likeness (QED) is 0.0771. The molecule has 0 amide bonds. The third-order valence-electron chi connectivity index (χ3n) is 8.87. The van der Waals surface area contributed by atoms with Crippen molar-refractivity contribution in [3.63, 3.8) is 0 Å². The van der Waals surface area contributed by atoms with Gasteiger partial charge in [0.15, 0.2) is 0 Å². The van der Waals surface area contributed by atoms with Crippen molar-refractivity contribution >= 4 is 18.0 Å². The van der Waals surface area contributed by atoms with E-state index in [-0.39, 0.29) is 11.9 Å². The molecule has 0 aromatic heterocycles. The van der Waals surface area contributed by atoms with Gasteiger partial charge in [-0.1, -0.05) is 96.6 Å². The van der Waals surface area contributed by atoms with E-state index in [1.54, 1.807) is 6.08 Å². The van der Waals surface area contributed by atoms with Gasteiger partial charge in [-0.2, -0.15) is 0 Å². The number of hydrogen-bond acceptors (Lipinski definition) is 5. The van der Waals surface area contributed by atoms with Crippen molar-refractivity contribution in [3.05, 3.63) is 35.9 Å². The molecule has 0 radical (unpaired) electrons. The maximum atomic E-state index is 12.2. The lowest BCUT2D eigenvalue weighted by Crippen LogP contribution is -2.29. The molecule has 0 unspecified atom stereocenters. The van der Waals surface area contributed by atoms with Crippen molar-refractivity contribution < 1.29 is 23.8 Å². The van der Waals surface area contributed by atoms with E-state index >= 15 is 0 Å². The van der Waals surface area contributed by atoms with Crippen molar-refractivity contribution in [2.75, 3.05) is 19.8 Å². The van der Waals surface area contributed by atoms with Crippen LogP contribution in [0, 0.1) is 17.3 Å². The largest absolute Gasteiger partial charge is 0.494 e. The monoisotopic (exact) mass is 584 g/mol. The first kappa shape index (κ1) is 35.9. The number of carbonyl (C=O) groups is 2. The predicted molar refractivity (Wildman–Crippen MR) is 173 cm³/mol. The van der Waals surface area contributed by atoms with Crippen LogP contribution in [0.15, 0.2) is 30.3 Å². The zero-order valence-electron chi connectivity index (χ0n) is 27.3. The lowest BCUT2D eigenvalue weighted by Gasteiger charge is -2.29. The van der Waals surface area contributed by atoms with Gasteiger partial charge in [0, 0.05) is 6.08 Å². The van der Waals surface area contributed by atoms with Gasteiger partial charge in [0.05, 0.1) is 25.2 Å². The molecule has 0 N–H and O–H groups in total. The molecule has 2 rings (SSSR count). The molecule has 1 aromatic rings. The molecule has 1 fully saturated rings. The molecular weight excluding hydrogens is 524 g/mol. The zero-order valence-corrected chi connectivity index (χ0v) is 27.3. The van der Waals surface area contributed by atoms with Gasteiger partial charge in [-0.05, 0) is 88.0 Å². The van der Waals surface area contributed by atoms with Crippen LogP contribution in [0.4, 0.5) is 0 Å². The molecule has 1 aliphatic rings. The fourth-order valence-electron chi connectivity index (χ4n) is 5.32. The molecule has 0 atom stereocenters. The van der Waals surface area contributed by atoms with E-state index in [0.29, 0.717) is 25.0 Å². The normalized spacial score (nSPS) is 17.3. The molecule has 0 spiro atoms. The molecule has 1 aliphatic carbocycles. The summed E-state index contributed by atoms with van der Waals surface area (Å²) in [4.78, 5) is 24.4. The predicted octanol–water partition coefficient (Wildman–Crippen LogP) is 10.1. The average molecular weight is 585 g/mol. The summed E-state index contributed by atoms with van der Waals surface area (Å²) in [7, 11) is 0. The standard InChI is InChI=1S/C37H60O5/c1-5-7-8-9-10-11-12-13-14-15-16-17-28-40-34-25-22-31(23-26-34)24-27-35(38)41-29-32-18-20-33(21-19-32)30-42-36(39)37(3,4)6-2/h22-27,32-33H,5-21,28-30H2,1-4H3/b27-24+. The fraction of sp³-hybridized carbons (Fsp3) is 0.730. The highest BCUT2D eigenvalue weighted by Crippen LogP contribution is 2.30. The smallest absolute Gasteiger partial charge is 0.330 e. The minimum atomic E-state index is -0.416. The van der Waals surface area contributed by atoms with E-state index < -0.39 is 5.41 Å². The minimum Gasteiger partial charge on any atom is -0.494 e. The van der Waals surface area contributed by atoms with E-state index in [1.165, 1.54) is 76.7 Å². The summed E-state index contributed by atoms with van der Waals surface area (Å²) in [6, 6.07) is 7.86. The second kappa shape index (κ2) is 21.4. The Morgan fingerprint density at radius 2 is 1.24 bits per heavy atom. The van der Waals surface area contributed by atoms with Crippen LogP contribution in [0.3, 0.4) is 0 Å². The van der Waals surface area contributed by atoms with Gasteiger partial charge >= 0.3 is 11.9 Å². The van der Waals surface area contributed by atoms with Crippen molar-refractivity contribution in [2.24, 2.45) is 17.3 Å². The van der Waals surface area contributed by atoms with Crippen LogP contribution in [0.25, 0.3) is 6.08 Å². The van der Waals surface area contributed by atoms with E-state index in [2.05, 4.69) is 6.92 Å². The lowest BCUT2D eigenvalue weighted by molar-refractivity contribution is -0.156. The van der Waals surface area contributed by atoms with Crippen LogP contribution in [0.2, 0.25) is 0 Å². The third kappa shape index (κ3) is 15.8. The molecule has 0 aliphatic heterocycles. The van der Waals surface area contributed by atoms with Crippen LogP contribution < -0.4 is 4.74 Å². The molecule has 42 heavy (non-hydrogen) atoms. The van der Waals surface area contributed by atoms with Crippen LogP contribution >= 0.6 is 0 Å². The third-order valence-corrected chi connectivity index (χ3v) is 8.87. The molecule has 0 bridgehead atoms. The van der Waals surface area contributed by atoms with E-state index in [9.17, 15) is 9.59 Å². The maximum absolute atomic E-state index is 12.2. The Balaban J connectivity index is 1.50. The molecule has 1 aromatic carbocycles.